The van der Waals surface area contributed by atoms with Gasteiger partial charge in [0.2, 0.25) is 0 Å². The van der Waals surface area contributed by atoms with E-state index >= 15 is 0 Å². The highest BCUT2D eigenvalue weighted by Crippen LogP contribution is 2.31. The Morgan fingerprint density at radius 1 is 1.00 bits per heavy atom. The molecule has 0 aliphatic rings. The molecule has 1 aromatic carbocycles. The highest BCUT2D eigenvalue weighted by molar-refractivity contribution is 5.25. The third-order valence-electron chi connectivity index (χ3n) is 3.37. The fourth-order valence-electron chi connectivity index (χ4n) is 2.18. The Hall–Kier alpha value is -1.03. The smallest absolute Gasteiger partial charge is 0.317 e. The van der Waals surface area contributed by atoms with Crippen molar-refractivity contribution in [2.75, 3.05) is 13.1 Å². The molecule has 0 aliphatic carbocycles. The Kier molecular flexibility index (Phi) is 6.06. The number of hydrogen-bond donors (Lipinski definition) is 1. The Labute approximate surface area is 119 Å². The van der Waals surface area contributed by atoms with Gasteiger partial charge >= 0.3 is 6.18 Å². The molecule has 0 aromatic heterocycles. The predicted octanol–water partition coefficient (Wildman–Crippen LogP) is 4.66. The van der Waals surface area contributed by atoms with Crippen molar-refractivity contribution in [3.63, 3.8) is 0 Å². The van der Waals surface area contributed by atoms with E-state index in [1.807, 2.05) is 0 Å². The molecule has 0 atom stereocenters. The van der Waals surface area contributed by atoms with Crippen molar-refractivity contribution in [1.82, 2.24) is 5.32 Å². The summed E-state index contributed by atoms with van der Waals surface area (Å²) in [6.07, 6.45) is -1.34. The van der Waals surface area contributed by atoms with Crippen molar-refractivity contribution in [3.8, 4) is 0 Å². The molecule has 0 bridgehead atoms. The van der Waals surface area contributed by atoms with Gasteiger partial charge in [0.1, 0.15) is 0 Å². The van der Waals surface area contributed by atoms with Gasteiger partial charge < -0.3 is 5.32 Å². The van der Waals surface area contributed by atoms with Crippen molar-refractivity contribution in [2.45, 2.75) is 46.2 Å². The summed E-state index contributed by atoms with van der Waals surface area (Å²) in [7, 11) is 0. The van der Waals surface area contributed by atoms with Crippen molar-refractivity contribution in [1.29, 1.82) is 0 Å². The lowest BCUT2D eigenvalue weighted by Crippen LogP contribution is -2.24. The fourth-order valence-corrected chi connectivity index (χ4v) is 2.18. The molecule has 0 aliphatic heterocycles. The molecule has 0 radical (unpaired) electrons. The van der Waals surface area contributed by atoms with E-state index in [-0.39, 0.29) is 5.41 Å². The van der Waals surface area contributed by atoms with E-state index in [9.17, 15) is 13.2 Å². The molecule has 0 unspecified atom stereocenters. The van der Waals surface area contributed by atoms with Gasteiger partial charge in [-0.15, -0.1) is 0 Å². The number of hydrogen-bond acceptors (Lipinski definition) is 1. The third kappa shape index (κ3) is 5.95. The van der Waals surface area contributed by atoms with Gasteiger partial charge in [-0.2, -0.15) is 13.2 Å². The summed E-state index contributed by atoms with van der Waals surface area (Å²) >= 11 is 0. The third-order valence-corrected chi connectivity index (χ3v) is 3.37. The van der Waals surface area contributed by atoms with E-state index in [0.29, 0.717) is 0 Å². The lowest BCUT2D eigenvalue weighted by Gasteiger charge is -2.25. The average molecular weight is 287 g/mol. The number of rotatable bonds is 7. The second kappa shape index (κ2) is 7.11. The molecule has 114 valence electrons. The van der Waals surface area contributed by atoms with Gasteiger partial charge in [-0.3, -0.25) is 0 Å². The zero-order valence-corrected chi connectivity index (χ0v) is 12.5. The van der Waals surface area contributed by atoms with Crippen molar-refractivity contribution in [3.05, 3.63) is 35.4 Å². The zero-order chi connectivity index (χ0) is 15.2. The topological polar surface area (TPSA) is 12.0 Å². The van der Waals surface area contributed by atoms with Crippen LogP contribution in [0.25, 0.3) is 0 Å². The second-order valence-corrected chi connectivity index (χ2v) is 6.04. The number of benzene rings is 1. The van der Waals surface area contributed by atoms with E-state index in [2.05, 4.69) is 26.1 Å². The van der Waals surface area contributed by atoms with Crippen LogP contribution in [0.1, 0.15) is 44.7 Å². The minimum Gasteiger partial charge on any atom is -0.317 e. The van der Waals surface area contributed by atoms with Crippen molar-refractivity contribution in [2.24, 2.45) is 5.41 Å². The zero-order valence-electron chi connectivity index (χ0n) is 12.5. The summed E-state index contributed by atoms with van der Waals surface area (Å²) in [6.45, 7) is 8.38. The molecule has 1 aromatic rings. The molecule has 4 heteroatoms. The Bertz CT molecular complexity index is 393. The quantitative estimate of drug-likeness (QED) is 0.719. The van der Waals surface area contributed by atoms with Crippen LogP contribution in [0.3, 0.4) is 0 Å². The van der Waals surface area contributed by atoms with Crippen LogP contribution in [0, 0.1) is 5.41 Å². The number of halogens is 3. The van der Waals surface area contributed by atoms with Gasteiger partial charge in [-0.25, -0.2) is 0 Å². The monoisotopic (exact) mass is 287 g/mol. The van der Waals surface area contributed by atoms with Crippen LogP contribution >= 0.6 is 0 Å². The Morgan fingerprint density at radius 3 is 2.10 bits per heavy atom. The van der Waals surface area contributed by atoms with Gasteiger partial charge in [-0.1, -0.05) is 32.9 Å². The molecule has 1 N–H and O–H groups in total. The van der Waals surface area contributed by atoms with E-state index in [4.69, 9.17) is 0 Å². The summed E-state index contributed by atoms with van der Waals surface area (Å²) in [6, 6.07) is 5.51. The molecule has 20 heavy (non-hydrogen) atoms. The Balaban J connectivity index is 2.54. The molecule has 0 saturated carbocycles. The van der Waals surface area contributed by atoms with E-state index < -0.39 is 11.7 Å². The van der Waals surface area contributed by atoms with Gasteiger partial charge in [0.15, 0.2) is 0 Å². The molecular weight excluding hydrogens is 263 g/mol. The van der Waals surface area contributed by atoms with Crippen LogP contribution in [0.15, 0.2) is 24.3 Å². The van der Waals surface area contributed by atoms with Crippen LogP contribution < -0.4 is 5.32 Å². The van der Waals surface area contributed by atoms with Gasteiger partial charge in [-0.05, 0) is 55.5 Å². The molecule has 0 amide bonds. The summed E-state index contributed by atoms with van der Waals surface area (Å²) in [5, 5.41) is 3.36. The first kappa shape index (κ1) is 17.0. The predicted molar refractivity (Wildman–Crippen MR) is 76.7 cm³/mol. The molecule has 0 fully saturated rings. The molecule has 0 heterocycles. The van der Waals surface area contributed by atoms with Crippen LogP contribution in [-0.2, 0) is 12.6 Å². The van der Waals surface area contributed by atoms with Crippen LogP contribution in [0.5, 0.6) is 0 Å². The van der Waals surface area contributed by atoms with Crippen LogP contribution in [0.2, 0.25) is 0 Å². The molecule has 1 nitrogen and oxygen atoms in total. The molecular formula is C16H24F3N. The number of nitrogens with one attached hydrogen (secondary N) is 1. The largest absolute Gasteiger partial charge is 0.416 e. The van der Waals surface area contributed by atoms with Crippen LogP contribution in [-0.4, -0.2) is 13.1 Å². The SMILES string of the molecule is CCCNCCC(C)(C)Cc1ccc(C(F)(F)F)cc1. The summed E-state index contributed by atoms with van der Waals surface area (Å²) in [5.41, 5.74) is 0.461. The Morgan fingerprint density at radius 2 is 1.60 bits per heavy atom. The molecule has 0 saturated heterocycles. The maximum atomic E-state index is 12.5. The highest BCUT2D eigenvalue weighted by Gasteiger charge is 2.30. The van der Waals surface area contributed by atoms with E-state index in [1.54, 1.807) is 12.1 Å². The van der Waals surface area contributed by atoms with Crippen molar-refractivity contribution >= 4 is 0 Å². The summed E-state index contributed by atoms with van der Waals surface area (Å²) < 4.78 is 37.5. The highest BCUT2D eigenvalue weighted by atomic mass is 19.4. The van der Waals surface area contributed by atoms with E-state index in [1.165, 1.54) is 12.1 Å². The lowest BCUT2D eigenvalue weighted by molar-refractivity contribution is -0.137. The maximum absolute atomic E-state index is 12.5. The van der Waals surface area contributed by atoms with Crippen molar-refractivity contribution < 1.29 is 13.2 Å². The normalized spacial score (nSPS) is 12.7. The first-order valence-corrected chi connectivity index (χ1v) is 7.11. The minimum absolute atomic E-state index is 0.0838. The number of alkyl halides is 3. The minimum atomic E-state index is -4.25. The van der Waals surface area contributed by atoms with Gasteiger partial charge in [0, 0.05) is 0 Å². The molecule has 1 rings (SSSR count). The first-order chi connectivity index (χ1) is 9.24. The fraction of sp³-hybridized carbons (Fsp3) is 0.625. The van der Waals surface area contributed by atoms with Gasteiger partial charge in [0.25, 0.3) is 0 Å². The average Bonchev–Trinajstić information content (AvgIpc) is 2.34. The summed E-state index contributed by atoms with van der Waals surface area (Å²) in [5.74, 6) is 0. The van der Waals surface area contributed by atoms with E-state index in [0.717, 1.165) is 37.9 Å². The lowest BCUT2D eigenvalue weighted by atomic mass is 9.82. The van der Waals surface area contributed by atoms with Gasteiger partial charge in [0.05, 0.1) is 5.56 Å². The standard InChI is InChI=1S/C16H24F3N/c1-4-10-20-11-9-15(2,3)12-13-5-7-14(8-6-13)16(17,18)19/h5-8,20H,4,9-12H2,1-3H3. The maximum Gasteiger partial charge on any atom is 0.416 e. The first-order valence-electron chi connectivity index (χ1n) is 7.11. The van der Waals surface area contributed by atoms with Crippen LogP contribution in [0.4, 0.5) is 13.2 Å². The second-order valence-electron chi connectivity index (χ2n) is 6.04. The molecule has 0 spiro atoms. The summed E-state index contributed by atoms with van der Waals surface area (Å²) in [4.78, 5) is 0.